The largest absolute Gasteiger partial charge is 0.351 e. The van der Waals surface area contributed by atoms with Gasteiger partial charge in [0.05, 0.1) is 6.04 Å². The predicted octanol–water partition coefficient (Wildman–Crippen LogP) is 1.05. The van der Waals surface area contributed by atoms with Gasteiger partial charge in [0.25, 0.3) is 0 Å². The second-order valence-electron chi connectivity index (χ2n) is 6.18. The number of amides is 2. The van der Waals surface area contributed by atoms with Gasteiger partial charge in [0.1, 0.15) is 0 Å². The zero-order chi connectivity index (χ0) is 13.9. The molecule has 2 fully saturated rings. The number of halogens is 1. The molecule has 0 radical (unpaired) electrons. The Morgan fingerprint density at radius 2 is 2.05 bits per heavy atom. The number of nitrogens with two attached hydrogens (primary N) is 1. The second-order valence-corrected chi connectivity index (χ2v) is 6.18. The van der Waals surface area contributed by atoms with Crippen LogP contribution in [-0.4, -0.2) is 42.9 Å². The molecule has 1 aliphatic heterocycles. The van der Waals surface area contributed by atoms with E-state index in [0.29, 0.717) is 25.9 Å². The number of rotatable bonds is 4. The molecular formula is C14H26ClN3O2. The second kappa shape index (κ2) is 7.27. The van der Waals surface area contributed by atoms with E-state index in [-0.39, 0.29) is 35.7 Å². The van der Waals surface area contributed by atoms with Gasteiger partial charge in [0, 0.05) is 26.4 Å². The number of nitrogens with one attached hydrogen (secondary N) is 1. The number of likely N-dealkylation sites (N-methyl/N-ethyl adjacent to an activating group) is 1. The van der Waals surface area contributed by atoms with Gasteiger partial charge in [-0.1, -0.05) is 19.3 Å². The van der Waals surface area contributed by atoms with E-state index in [0.717, 1.165) is 12.8 Å². The molecule has 2 aliphatic rings. The highest BCUT2D eigenvalue weighted by Gasteiger charge is 2.34. The van der Waals surface area contributed by atoms with Crippen molar-refractivity contribution in [3.63, 3.8) is 0 Å². The molecule has 116 valence electrons. The zero-order valence-electron chi connectivity index (χ0n) is 12.2. The summed E-state index contributed by atoms with van der Waals surface area (Å²) in [5, 5.41) is 2.99. The summed E-state index contributed by atoms with van der Waals surface area (Å²) in [5.41, 5.74) is 5.89. The Kier molecular flexibility index (Phi) is 6.27. The van der Waals surface area contributed by atoms with Crippen LogP contribution in [-0.2, 0) is 9.59 Å². The normalized spacial score (nSPS) is 25.2. The number of hydrogen-bond acceptors (Lipinski definition) is 3. The molecule has 0 aromatic heterocycles. The smallest absolute Gasteiger partial charge is 0.224 e. The Labute approximate surface area is 127 Å². The first kappa shape index (κ1) is 17.2. The summed E-state index contributed by atoms with van der Waals surface area (Å²) in [6.07, 6.45) is 6.66. The zero-order valence-corrected chi connectivity index (χ0v) is 13.0. The van der Waals surface area contributed by atoms with Crippen molar-refractivity contribution in [2.75, 3.05) is 20.1 Å². The fourth-order valence-electron chi connectivity index (χ4n) is 3.33. The molecule has 2 amide bonds. The first-order chi connectivity index (χ1) is 9.04. The van der Waals surface area contributed by atoms with Crippen LogP contribution in [0.15, 0.2) is 0 Å². The van der Waals surface area contributed by atoms with E-state index in [1.165, 1.54) is 19.3 Å². The molecule has 1 unspecified atom stereocenters. The highest BCUT2D eigenvalue weighted by Crippen LogP contribution is 2.38. The Morgan fingerprint density at radius 3 is 2.55 bits per heavy atom. The molecule has 0 aromatic rings. The molecule has 0 spiro atoms. The maximum atomic E-state index is 12.1. The fraction of sp³-hybridized carbons (Fsp3) is 0.857. The monoisotopic (exact) mass is 303 g/mol. The Hall–Kier alpha value is -0.810. The lowest BCUT2D eigenvalue weighted by Crippen LogP contribution is -2.42. The predicted molar refractivity (Wildman–Crippen MR) is 80.6 cm³/mol. The van der Waals surface area contributed by atoms with Gasteiger partial charge in [-0.15, -0.1) is 12.4 Å². The molecule has 5 nitrogen and oxygen atoms in total. The third-order valence-electron chi connectivity index (χ3n) is 4.59. The Bertz CT molecular complexity index is 356. The molecule has 1 aliphatic carbocycles. The van der Waals surface area contributed by atoms with Gasteiger partial charge in [-0.05, 0) is 24.8 Å². The summed E-state index contributed by atoms with van der Waals surface area (Å²) < 4.78 is 0. The first-order valence-corrected chi connectivity index (χ1v) is 7.28. The van der Waals surface area contributed by atoms with Crippen LogP contribution in [0.1, 0.15) is 44.9 Å². The average Bonchev–Trinajstić information content (AvgIpc) is 2.69. The highest BCUT2D eigenvalue weighted by molar-refractivity contribution is 5.85. The van der Waals surface area contributed by atoms with Crippen molar-refractivity contribution >= 4 is 24.2 Å². The molecule has 0 aromatic carbocycles. The summed E-state index contributed by atoms with van der Waals surface area (Å²) in [7, 11) is 1.77. The molecule has 0 bridgehead atoms. The maximum Gasteiger partial charge on any atom is 0.224 e. The van der Waals surface area contributed by atoms with E-state index in [9.17, 15) is 9.59 Å². The average molecular weight is 304 g/mol. The van der Waals surface area contributed by atoms with E-state index in [1.54, 1.807) is 11.9 Å². The van der Waals surface area contributed by atoms with Gasteiger partial charge in [-0.3, -0.25) is 9.59 Å². The molecule has 1 saturated heterocycles. The minimum atomic E-state index is -0.0246. The van der Waals surface area contributed by atoms with Crippen LogP contribution < -0.4 is 11.1 Å². The molecule has 1 heterocycles. The molecule has 20 heavy (non-hydrogen) atoms. The minimum absolute atomic E-state index is 0. The van der Waals surface area contributed by atoms with Gasteiger partial charge in [0.15, 0.2) is 0 Å². The SMILES string of the molecule is CN1CC(NC(=O)CC2(CN)CCCCC2)CC1=O.Cl. The number of hydrogen-bond donors (Lipinski definition) is 2. The van der Waals surface area contributed by atoms with Crippen molar-refractivity contribution in [1.29, 1.82) is 0 Å². The Morgan fingerprint density at radius 1 is 1.40 bits per heavy atom. The van der Waals surface area contributed by atoms with E-state index in [4.69, 9.17) is 5.73 Å². The van der Waals surface area contributed by atoms with Crippen molar-refractivity contribution in [3.8, 4) is 0 Å². The molecule has 1 saturated carbocycles. The molecule has 1 atom stereocenters. The van der Waals surface area contributed by atoms with Crippen LogP contribution in [0.5, 0.6) is 0 Å². The quantitative estimate of drug-likeness (QED) is 0.815. The van der Waals surface area contributed by atoms with Crippen LogP contribution in [0, 0.1) is 5.41 Å². The third-order valence-corrected chi connectivity index (χ3v) is 4.59. The van der Waals surface area contributed by atoms with E-state index < -0.39 is 0 Å². The van der Waals surface area contributed by atoms with Crippen molar-refractivity contribution in [2.24, 2.45) is 11.1 Å². The van der Waals surface area contributed by atoms with Crippen molar-refractivity contribution < 1.29 is 9.59 Å². The lowest BCUT2D eigenvalue weighted by atomic mass is 9.71. The molecule has 3 N–H and O–H groups in total. The summed E-state index contributed by atoms with van der Waals surface area (Å²) in [6, 6.07) is -0.0246. The van der Waals surface area contributed by atoms with Crippen LogP contribution in [0.2, 0.25) is 0 Å². The number of likely N-dealkylation sites (tertiary alicyclic amines) is 1. The first-order valence-electron chi connectivity index (χ1n) is 7.28. The number of carbonyl (C=O) groups is 2. The van der Waals surface area contributed by atoms with Gasteiger partial charge in [-0.25, -0.2) is 0 Å². The molecule has 2 rings (SSSR count). The third kappa shape index (κ3) is 4.09. The fourth-order valence-corrected chi connectivity index (χ4v) is 3.33. The topological polar surface area (TPSA) is 75.4 Å². The summed E-state index contributed by atoms with van der Waals surface area (Å²) in [4.78, 5) is 25.2. The van der Waals surface area contributed by atoms with Gasteiger partial charge in [0.2, 0.25) is 11.8 Å². The number of nitrogens with zero attached hydrogens (tertiary/aromatic N) is 1. The van der Waals surface area contributed by atoms with Crippen LogP contribution >= 0.6 is 12.4 Å². The summed E-state index contributed by atoms with van der Waals surface area (Å²) in [6.45, 7) is 1.21. The Balaban J connectivity index is 0.00000200. The van der Waals surface area contributed by atoms with E-state index >= 15 is 0 Å². The number of carbonyl (C=O) groups excluding carboxylic acids is 2. The van der Waals surface area contributed by atoms with Crippen molar-refractivity contribution in [1.82, 2.24) is 10.2 Å². The van der Waals surface area contributed by atoms with Crippen LogP contribution in [0.25, 0.3) is 0 Å². The van der Waals surface area contributed by atoms with Gasteiger partial charge in [-0.2, -0.15) is 0 Å². The van der Waals surface area contributed by atoms with Crippen molar-refractivity contribution in [2.45, 2.75) is 51.0 Å². The lowest BCUT2D eigenvalue weighted by molar-refractivity contribution is -0.126. The summed E-state index contributed by atoms with van der Waals surface area (Å²) >= 11 is 0. The molecule has 6 heteroatoms. The van der Waals surface area contributed by atoms with Crippen molar-refractivity contribution in [3.05, 3.63) is 0 Å². The standard InChI is InChI=1S/C14H25N3O2.ClH/c1-17-9-11(7-13(17)19)16-12(18)8-14(10-15)5-3-2-4-6-14;/h11H,2-10,15H2,1H3,(H,16,18);1H. The molecular weight excluding hydrogens is 278 g/mol. The minimum Gasteiger partial charge on any atom is -0.351 e. The van der Waals surface area contributed by atoms with Gasteiger partial charge >= 0.3 is 0 Å². The van der Waals surface area contributed by atoms with Gasteiger partial charge < -0.3 is 16.0 Å². The van der Waals surface area contributed by atoms with E-state index in [2.05, 4.69) is 5.32 Å². The highest BCUT2D eigenvalue weighted by atomic mass is 35.5. The lowest BCUT2D eigenvalue weighted by Gasteiger charge is -2.35. The van der Waals surface area contributed by atoms with Crippen LogP contribution in [0.4, 0.5) is 0 Å². The summed E-state index contributed by atoms with van der Waals surface area (Å²) in [5.74, 6) is 0.164. The van der Waals surface area contributed by atoms with Crippen LogP contribution in [0.3, 0.4) is 0 Å². The van der Waals surface area contributed by atoms with E-state index in [1.807, 2.05) is 0 Å². The maximum absolute atomic E-state index is 12.1.